The normalized spacial score (nSPS) is 15.9. The molecule has 0 spiro atoms. The van der Waals surface area contributed by atoms with E-state index in [0.29, 0.717) is 44.3 Å². The first-order valence-electron chi connectivity index (χ1n) is 11.9. The van der Waals surface area contributed by atoms with Crippen LogP contribution >= 0.6 is 0 Å². The second-order valence-electron chi connectivity index (χ2n) is 8.97. The molecule has 2 amide bonds. The summed E-state index contributed by atoms with van der Waals surface area (Å²) in [7, 11) is 0. The van der Waals surface area contributed by atoms with Crippen LogP contribution < -0.4 is 15.4 Å². The number of rotatable bonds is 6. The van der Waals surface area contributed by atoms with E-state index in [1.165, 1.54) is 0 Å². The molecule has 2 N–H and O–H groups in total. The largest absolute Gasteiger partial charge is 0.493 e. The van der Waals surface area contributed by atoms with Gasteiger partial charge in [-0.1, -0.05) is 19.9 Å². The van der Waals surface area contributed by atoms with Gasteiger partial charge in [0.15, 0.2) is 0 Å². The maximum absolute atomic E-state index is 13.2. The summed E-state index contributed by atoms with van der Waals surface area (Å²) in [6, 6.07) is 9.39. The summed E-state index contributed by atoms with van der Waals surface area (Å²) < 4.78 is 6.14. The molecule has 0 atom stereocenters. The maximum atomic E-state index is 13.2. The van der Waals surface area contributed by atoms with Crippen molar-refractivity contribution in [3.8, 4) is 5.75 Å². The van der Waals surface area contributed by atoms with Crippen LogP contribution in [-0.2, 0) is 17.9 Å². The molecule has 0 fully saturated rings. The van der Waals surface area contributed by atoms with Gasteiger partial charge in [0, 0.05) is 43.2 Å². The highest BCUT2D eigenvalue weighted by Gasteiger charge is 2.21. The van der Waals surface area contributed by atoms with Crippen LogP contribution in [0.25, 0.3) is 0 Å². The number of carbonyl (C=O) groups is 2. The number of fused-ring (bicyclic) bond motifs is 1. The first-order chi connectivity index (χ1) is 16.0. The average Bonchev–Trinajstić information content (AvgIpc) is 2.82. The summed E-state index contributed by atoms with van der Waals surface area (Å²) in [5, 5.41) is 6.05. The quantitative estimate of drug-likeness (QED) is 0.701. The predicted molar refractivity (Wildman–Crippen MR) is 129 cm³/mol. The number of carbonyl (C=O) groups excluding carboxylic acids is 2. The van der Waals surface area contributed by atoms with Crippen molar-refractivity contribution in [2.45, 2.75) is 52.6 Å². The third kappa shape index (κ3) is 8.17. The Bertz CT molecular complexity index is 902. The lowest BCUT2D eigenvalue weighted by Crippen LogP contribution is -2.38. The average molecular weight is 453 g/mol. The lowest BCUT2D eigenvalue weighted by atomic mass is 10.0. The van der Waals surface area contributed by atoms with Gasteiger partial charge < -0.3 is 15.4 Å². The second-order valence-corrected chi connectivity index (χ2v) is 8.97. The van der Waals surface area contributed by atoms with Crippen LogP contribution in [0.5, 0.6) is 5.75 Å². The fourth-order valence-corrected chi connectivity index (χ4v) is 3.81. The molecular weight excluding hydrogens is 416 g/mol. The van der Waals surface area contributed by atoms with Crippen LogP contribution in [0.2, 0.25) is 0 Å². The minimum absolute atomic E-state index is 0.0279. The third-order valence-corrected chi connectivity index (χ3v) is 5.75. The molecular formula is C26H36N4O3. The van der Waals surface area contributed by atoms with Gasteiger partial charge in [-0.15, -0.1) is 0 Å². The summed E-state index contributed by atoms with van der Waals surface area (Å²) in [4.78, 5) is 31.9. The van der Waals surface area contributed by atoms with E-state index in [1.54, 1.807) is 12.4 Å². The number of nitrogens with zero attached hydrogens (tertiary/aromatic N) is 2. The summed E-state index contributed by atoms with van der Waals surface area (Å²) in [5.41, 5.74) is 2.41. The van der Waals surface area contributed by atoms with E-state index >= 15 is 0 Å². The Morgan fingerprint density at radius 3 is 2.76 bits per heavy atom. The topological polar surface area (TPSA) is 83.6 Å². The zero-order chi connectivity index (χ0) is 23.5. The molecule has 1 aromatic carbocycles. The summed E-state index contributed by atoms with van der Waals surface area (Å²) in [6.07, 6.45) is 7.23. The van der Waals surface area contributed by atoms with Crippen LogP contribution in [0.4, 0.5) is 0 Å². The number of hydrogen-bond acceptors (Lipinski definition) is 5. The zero-order valence-electron chi connectivity index (χ0n) is 19.8. The first kappa shape index (κ1) is 24.7. The van der Waals surface area contributed by atoms with Crippen LogP contribution in [0.15, 0.2) is 42.7 Å². The Balaban J connectivity index is 1.85. The van der Waals surface area contributed by atoms with Crippen LogP contribution in [0, 0.1) is 5.92 Å². The number of amides is 2. The molecule has 0 radical (unpaired) electrons. The zero-order valence-corrected chi connectivity index (χ0v) is 19.8. The molecule has 0 saturated heterocycles. The monoisotopic (exact) mass is 452 g/mol. The third-order valence-electron chi connectivity index (χ3n) is 5.75. The van der Waals surface area contributed by atoms with Gasteiger partial charge in [-0.3, -0.25) is 19.5 Å². The molecule has 0 unspecified atom stereocenters. The highest BCUT2D eigenvalue weighted by atomic mass is 16.5. The van der Waals surface area contributed by atoms with E-state index in [2.05, 4.69) is 34.4 Å². The second kappa shape index (κ2) is 12.9. The summed E-state index contributed by atoms with van der Waals surface area (Å²) in [5.74, 6) is 1.12. The van der Waals surface area contributed by atoms with Gasteiger partial charge in [-0.2, -0.15) is 0 Å². The van der Waals surface area contributed by atoms with Gasteiger partial charge in [-0.05, 0) is 68.0 Å². The lowest BCUT2D eigenvalue weighted by molar-refractivity contribution is -0.122. The van der Waals surface area contributed by atoms with Crippen molar-refractivity contribution in [1.82, 2.24) is 20.5 Å². The molecule has 1 aliphatic rings. The molecule has 3 rings (SSSR count). The van der Waals surface area contributed by atoms with E-state index in [-0.39, 0.29) is 11.8 Å². The molecule has 2 aromatic rings. The number of ether oxygens (including phenoxy) is 1. The van der Waals surface area contributed by atoms with Gasteiger partial charge in [0.05, 0.1) is 13.2 Å². The molecule has 33 heavy (non-hydrogen) atoms. The standard InChI is InChI=1S/C26H36N4O3/c1-20(2)11-15-30-18-23-22(26(32)29-17-21-9-13-27-14-10-21)7-6-8-24(23)33-16-5-3-4-12-28-25(31)19-30/h6-10,13-14,20H,3-5,11-12,15-19H2,1-2H3,(H,28,31)(H,29,32). The number of aromatic nitrogens is 1. The lowest BCUT2D eigenvalue weighted by Gasteiger charge is -2.25. The van der Waals surface area contributed by atoms with Gasteiger partial charge in [0.1, 0.15) is 5.75 Å². The molecule has 0 bridgehead atoms. The Morgan fingerprint density at radius 2 is 1.97 bits per heavy atom. The Labute approximate surface area is 196 Å². The van der Waals surface area contributed by atoms with Gasteiger partial charge in [-0.25, -0.2) is 0 Å². The highest BCUT2D eigenvalue weighted by Crippen LogP contribution is 2.26. The number of pyridine rings is 1. The van der Waals surface area contributed by atoms with Crippen LogP contribution in [0.1, 0.15) is 61.0 Å². The highest BCUT2D eigenvalue weighted by molar-refractivity contribution is 5.96. The Morgan fingerprint density at radius 1 is 1.15 bits per heavy atom. The minimum Gasteiger partial charge on any atom is -0.493 e. The SMILES string of the molecule is CC(C)CCN1CC(=O)NCCCCCOc2cccc(C(=O)NCc3ccncc3)c2C1. The van der Waals surface area contributed by atoms with E-state index in [0.717, 1.165) is 49.1 Å². The van der Waals surface area contributed by atoms with E-state index in [9.17, 15) is 9.59 Å². The molecule has 7 nitrogen and oxygen atoms in total. The maximum Gasteiger partial charge on any atom is 0.252 e. The smallest absolute Gasteiger partial charge is 0.252 e. The molecule has 1 aromatic heterocycles. The van der Waals surface area contributed by atoms with E-state index in [4.69, 9.17) is 4.74 Å². The number of nitrogens with one attached hydrogen (secondary N) is 2. The van der Waals surface area contributed by atoms with Crippen molar-refractivity contribution < 1.29 is 14.3 Å². The summed E-state index contributed by atoms with van der Waals surface area (Å²) >= 11 is 0. The van der Waals surface area contributed by atoms with Gasteiger partial charge >= 0.3 is 0 Å². The van der Waals surface area contributed by atoms with Crippen molar-refractivity contribution in [3.63, 3.8) is 0 Å². The first-order valence-corrected chi connectivity index (χ1v) is 11.9. The predicted octanol–water partition coefficient (Wildman–Crippen LogP) is 3.54. The van der Waals surface area contributed by atoms with Gasteiger partial charge in [0.2, 0.25) is 5.91 Å². The Hall–Kier alpha value is -2.93. The van der Waals surface area contributed by atoms with Crippen LogP contribution in [-0.4, -0.2) is 47.9 Å². The van der Waals surface area contributed by atoms with Crippen molar-refractivity contribution in [2.75, 3.05) is 26.2 Å². The van der Waals surface area contributed by atoms with Crippen molar-refractivity contribution in [3.05, 3.63) is 59.4 Å². The van der Waals surface area contributed by atoms with Crippen molar-refractivity contribution in [2.24, 2.45) is 5.92 Å². The van der Waals surface area contributed by atoms with Crippen molar-refractivity contribution >= 4 is 11.8 Å². The molecule has 7 heteroatoms. The fraction of sp³-hybridized carbons (Fsp3) is 0.500. The van der Waals surface area contributed by atoms with E-state index in [1.807, 2.05) is 30.3 Å². The summed E-state index contributed by atoms with van der Waals surface area (Å²) in [6.45, 7) is 7.61. The van der Waals surface area contributed by atoms with Gasteiger partial charge in [0.25, 0.3) is 5.91 Å². The molecule has 0 aliphatic carbocycles. The molecule has 178 valence electrons. The minimum atomic E-state index is -0.148. The number of benzene rings is 1. The van der Waals surface area contributed by atoms with Crippen LogP contribution in [0.3, 0.4) is 0 Å². The Kier molecular flexibility index (Phi) is 9.69. The fourth-order valence-electron chi connectivity index (χ4n) is 3.81. The molecule has 1 aliphatic heterocycles. The molecule has 0 saturated carbocycles. The van der Waals surface area contributed by atoms with E-state index < -0.39 is 0 Å². The number of hydrogen-bond donors (Lipinski definition) is 2. The van der Waals surface area contributed by atoms with Crippen molar-refractivity contribution in [1.29, 1.82) is 0 Å². The molecule has 2 heterocycles.